The molecule has 1 N–H and O–H groups in total. The van der Waals surface area contributed by atoms with Gasteiger partial charge < -0.3 is 5.32 Å². The molecule has 90 valence electrons. The molecule has 1 unspecified atom stereocenters. The van der Waals surface area contributed by atoms with Crippen molar-refractivity contribution in [1.29, 1.82) is 5.26 Å². The van der Waals surface area contributed by atoms with Crippen molar-refractivity contribution in [3.63, 3.8) is 0 Å². The van der Waals surface area contributed by atoms with Crippen LogP contribution >= 0.6 is 0 Å². The summed E-state index contributed by atoms with van der Waals surface area (Å²) in [6.45, 7) is 5.64. The van der Waals surface area contributed by atoms with Crippen molar-refractivity contribution in [3.8, 4) is 6.07 Å². The van der Waals surface area contributed by atoms with Crippen LogP contribution in [0.2, 0.25) is 0 Å². The predicted octanol–water partition coefficient (Wildman–Crippen LogP) is 2.45. The van der Waals surface area contributed by atoms with Crippen molar-refractivity contribution in [2.75, 3.05) is 25.0 Å². The number of nitrogens with one attached hydrogen (secondary N) is 1. The molecule has 0 spiro atoms. The molecule has 0 aliphatic carbocycles. The topological polar surface area (TPSA) is 39.1 Å². The second-order valence-electron chi connectivity index (χ2n) is 4.67. The zero-order chi connectivity index (χ0) is 12.1. The molecule has 0 bridgehead atoms. The third kappa shape index (κ3) is 3.21. The van der Waals surface area contributed by atoms with Crippen LogP contribution in [0.5, 0.6) is 0 Å². The highest BCUT2D eigenvalue weighted by Gasteiger charge is 2.17. The minimum atomic E-state index is 0.559. The highest BCUT2D eigenvalue weighted by atomic mass is 15.2. The molecular weight excluding hydrogens is 210 g/mol. The Balaban J connectivity index is 1.86. The normalized spacial score (nSPS) is 17.6. The van der Waals surface area contributed by atoms with Gasteiger partial charge in [0.05, 0.1) is 11.6 Å². The molecule has 0 amide bonds. The number of hydrogen-bond donors (Lipinski definition) is 1. The first-order chi connectivity index (χ1) is 8.29. The minimum absolute atomic E-state index is 0.559. The Morgan fingerprint density at radius 1 is 1.41 bits per heavy atom. The minimum Gasteiger partial charge on any atom is -0.383 e. The molecular formula is C14H19N3. The summed E-state index contributed by atoms with van der Waals surface area (Å²) < 4.78 is 0. The van der Waals surface area contributed by atoms with E-state index in [4.69, 9.17) is 5.26 Å². The molecule has 0 aromatic heterocycles. The second-order valence-corrected chi connectivity index (χ2v) is 4.67. The van der Waals surface area contributed by atoms with E-state index in [1.165, 1.54) is 25.9 Å². The Hall–Kier alpha value is -1.53. The van der Waals surface area contributed by atoms with Gasteiger partial charge in [0.1, 0.15) is 0 Å². The maximum absolute atomic E-state index is 8.83. The van der Waals surface area contributed by atoms with Crippen LogP contribution in [0.3, 0.4) is 0 Å². The number of hydrogen-bond acceptors (Lipinski definition) is 3. The van der Waals surface area contributed by atoms with Crippen LogP contribution in [0.1, 0.15) is 25.3 Å². The van der Waals surface area contributed by atoms with Gasteiger partial charge in [0.2, 0.25) is 0 Å². The van der Waals surface area contributed by atoms with E-state index < -0.39 is 0 Å². The Morgan fingerprint density at radius 2 is 2.18 bits per heavy atom. The molecule has 1 aromatic carbocycles. The van der Waals surface area contributed by atoms with Gasteiger partial charge in [-0.1, -0.05) is 6.07 Å². The number of nitrogens with zero attached hydrogens (tertiary/aromatic N) is 2. The molecule has 1 aliphatic rings. The molecule has 0 radical (unpaired) electrons. The summed E-state index contributed by atoms with van der Waals surface area (Å²) in [4.78, 5) is 2.52. The standard InChI is InChI=1S/C14H19N3/c1-12(17-7-2-3-8-17)11-16-14-6-4-5-13(9-14)10-15/h4-6,9,12,16H,2-3,7-8,11H2,1H3. The van der Waals surface area contributed by atoms with Gasteiger partial charge in [-0.3, -0.25) is 4.90 Å². The van der Waals surface area contributed by atoms with E-state index >= 15 is 0 Å². The van der Waals surface area contributed by atoms with Gasteiger partial charge in [-0.15, -0.1) is 0 Å². The third-order valence-corrected chi connectivity index (χ3v) is 3.36. The Kier molecular flexibility index (Phi) is 4.00. The highest BCUT2D eigenvalue weighted by molar-refractivity contribution is 5.49. The maximum Gasteiger partial charge on any atom is 0.0992 e. The van der Waals surface area contributed by atoms with Crippen LogP contribution in [-0.4, -0.2) is 30.6 Å². The molecule has 1 aliphatic heterocycles. The summed E-state index contributed by atoms with van der Waals surface area (Å²) in [6.07, 6.45) is 2.66. The summed E-state index contributed by atoms with van der Waals surface area (Å²) in [5.41, 5.74) is 1.75. The van der Waals surface area contributed by atoms with Crippen LogP contribution in [-0.2, 0) is 0 Å². The van der Waals surface area contributed by atoms with Gasteiger partial charge in [-0.25, -0.2) is 0 Å². The monoisotopic (exact) mass is 229 g/mol. The quantitative estimate of drug-likeness (QED) is 0.862. The fourth-order valence-corrected chi connectivity index (χ4v) is 2.28. The lowest BCUT2D eigenvalue weighted by molar-refractivity contribution is 0.269. The molecule has 1 fully saturated rings. The zero-order valence-corrected chi connectivity index (χ0v) is 10.3. The summed E-state index contributed by atoms with van der Waals surface area (Å²) >= 11 is 0. The SMILES string of the molecule is CC(CNc1cccc(C#N)c1)N1CCCC1. The van der Waals surface area contributed by atoms with Crippen LogP contribution < -0.4 is 5.32 Å². The first kappa shape index (κ1) is 11.9. The van der Waals surface area contributed by atoms with Gasteiger partial charge in [0.15, 0.2) is 0 Å². The predicted molar refractivity (Wildman–Crippen MR) is 69.9 cm³/mol. The van der Waals surface area contributed by atoms with Crippen LogP contribution in [0, 0.1) is 11.3 Å². The Bertz CT molecular complexity index is 402. The van der Waals surface area contributed by atoms with E-state index in [0.29, 0.717) is 11.6 Å². The van der Waals surface area contributed by atoms with Crippen LogP contribution in [0.4, 0.5) is 5.69 Å². The van der Waals surface area contributed by atoms with Gasteiger partial charge in [0.25, 0.3) is 0 Å². The lowest BCUT2D eigenvalue weighted by Gasteiger charge is -2.24. The van der Waals surface area contributed by atoms with Crippen molar-refractivity contribution in [3.05, 3.63) is 29.8 Å². The number of anilines is 1. The van der Waals surface area contributed by atoms with Crippen LogP contribution in [0.15, 0.2) is 24.3 Å². The van der Waals surface area contributed by atoms with Crippen molar-refractivity contribution >= 4 is 5.69 Å². The molecule has 1 aromatic rings. The van der Waals surface area contributed by atoms with Crippen molar-refractivity contribution < 1.29 is 0 Å². The van der Waals surface area contributed by atoms with Crippen molar-refractivity contribution in [2.45, 2.75) is 25.8 Å². The first-order valence-electron chi connectivity index (χ1n) is 6.27. The van der Waals surface area contributed by atoms with Gasteiger partial charge in [0, 0.05) is 18.3 Å². The van der Waals surface area contributed by atoms with Gasteiger partial charge >= 0.3 is 0 Å². The summed E-state index contributed by atoms with van der Waals surface area (Å²) in [6, 6.07) is 10.4. The van der Waals surface area contributed by atoms with E-state index in [0.717, 1.165) is 12.2 Å². The molecule has 17 heavy (non-hydrogen) atoms. The molecule has 0 saturated carbocycles. The third-order valence-electron chi connectivity index (χ3n) is 3.36. The first-order valence-corrected chi connectivity index (χ1v) is 6.27. The van der Waals surface area contributed by atoms with Gasteiger partial charge in [-0.05, 0) is 51.1 Å². The molecule has 3 heteroatoms. The fourth-order valence-electron chi connectivity index (χ4n) is 2.28. The van der Waals surface area contributed by atoms with Crippen molar-refractivity contribution in [1.82, 2.24) is 4.90 Å². The van der Waals surface area contributed by atoms with E-state index in [1.807, 2.05) is 24.3 Å². The number of rotatable bonds is 4. The Morgan fingerprint density at radius 3 is 2.88 bits per heavy atom. The average Bonchev–Trinajstić information content (AvgIpc) is 2.90. The lowest BCUT2D eigenvalue weighted by Crippen LogP contribution is -2.35. The lowest BCUT2D eigenvalue weighted by atomic mass is 10.2. The maximum atomic E-state index is 8.83. The second kappa shape index (κ2) is 5.70. The van der Waals surface area contributed by atoms with Crippen molar-refractivity contribution in [2.24, 2.45) is 0 Å². The highest BCUT2D eigenvalue weighted by Crippen LogP contribution is 2.13. The average molecular weight is 229 g/mol. The number of nitriles is 1. The molecule has 1 saturated heterocycles. The Labute approximate surface area is 103 Å². The smallest absolute Gasteiger partial charge is 0.0992 e. The van der Waals surface area contributed by atoms with E-state index in [9.17, 15) is 0 Å². The molecule has 3 nitrogen and oxygen atoms in total. The van der Waals surface area contributed by atoms with E-state index in [-0.39, 0.29) is 0 Å². The van der Waals surface area contributed by atoms with E-state index in [1.54, 1.807) is 0 Å². The zero-order valence-electron chi connectivity index (χ0n) is 10.3. The number of likely N-dealkylation sites (tertiary alicyclic amines) is 1. The van der Waals surface area contributed by atoms with Crippen LogP contribution in [0.25, 0.3) is 0 Å². The summed E-state index contributed by atoms with van der Waals surface area (Å²) in [5.74, 6) is 0. The summed E-state index contributed by atoms with van der Waals surface area (Å²) in [5, 5.41) is 12.2. The largest absolute Gasteiger partial charge is 0.383 e. The van der Waals surface area contributed by atoms with E-state index in [2.05, 4.69) is 23.2 Å². The fraction of sp³-hybridized carbons (Fsp3) is 0.500. The van der Waals surface area contributed by atoms with Gasteiger partial charge in [-0.2, -0.15) is 5.26 Å². The molecule has 1 atom stereocenters. The number of benzene rings is 1. The summed E-state index contributed by atoms with van der Waals surface area (Å²) in [7, 11) is 0. The molecule has 2 rings (SSSR count). The molecule has 1 heterocycles.